The molecule has 104 valence electrons. The van der Waals surface area contributed by atoms with Crippen molar-refractivity contribution in [2.24, 2.45) is 0 Å². The van der Waals surface area contributed by atoms with E-state index in [1.807, 2.05) is 6.92 Å². The number of phenols is 1. The van der Waals surface area contributed by atoms with Gasteiger partial charge in [-0.15, -0.1) is 0 Å². The van der Waals surface area contributed by atoms with E-state index < -0.39 is 11.8 Å². The maximum absolute atomic E-state index is 13.6. The number of carbonyl (C=O) groups is 1. The lowest BCUT2D eigenvalue weighted by molar-refractivity contribution is 0.0697. The molecule has 0 saturated heterocycles. The van der Waals surface area contributed by atoms with E-state index >= 15 is 0 Å². The highest BCUT2D eigenvalue weighted by Gasteiger charge is 2.09. The summed E-state index contributed by atoms with van der Waals surface area (Å²) in [5.74, 6) is -1.55. The second kappa shape index (κ2) is 5.61. The van der Waals surface area contributed by atoms with Gasteiger partial charge in [0.1, 0.15) is 11.6 Å². The molecule has 20 heavy (non-hydrogen) atoms. The quantitative estimate of drug-likeness (QED) is 0.801. The first kappa shape index (κ1) is 13.9. The number of aromatic hydroxyl groups is 1. The molecule has 0 aliphatic carbocycles. The number of anilines is 1. The molecule has 0 radical (unpaired) electrons. The van der Waals surface area contributed by atoms with Gasteiger partial charge < -0.3 is 15.5 Å². The summed E-state index contributed by atoms with van der Waals surface area (Å²) in [5, 5.41) is 21.4. The van der Waals surface area contributed by atoms with Crippen molar-refractivity contribution in [1.29, 1.82) is 0 Å². The lowest BCUT2D eigenvalue weighted by Gasteiger charge is -2.10. The Morgan fingerprint density at radius 3 is 2.70 bits per heavy atom. The Morgan fingerprint density at radius 1 is 1.25 bits per heavy atom. The minimum Gasteiger partial charge on any atom is -0.508 e. The predicted molar refractivity (Wildman–Crippen MR) is 73.5 cm³/mol. The molecule has 2 rings (SSSR count). The maximum atomic E-state index is 13.6. The minimum absolute atomic E-state index is 0.00219. The van der Waals surface area contributed by atoms with E-state index in [0.717, 1.165) is 11.6 Å². The Kier molecular flexibility index (Phi) is 3.89. The third-order valence-electron chi connectivity index (χ3n) is 2.92. The third-order valence-corrected chi connectivity index (χ3v) is 2.92. The first-order valence-electron chi connectivity index (χ1n) is 6.02. The third kappa shape index (κ3) is 3.06. The van der Waals surface area contributed by atoms with Crippen LogP contribution in [-0.2, 0) is 6.54 Å². The second-order valence-electron chi connectivity index (χ2n) is 4.49. The van der Waals surface area contributed by atoms with Crippen LogP contribution in [0.2, 0.25) is 0 Å². The second-order valence-corrected chi connectivity index (χ2v) is 4.49. The van der Waals surface area contributed by atoms with Gasteiger partial charge >= 0.3 is 5.97 Å². The van der Waals surface area contributed by atoms with E-state index in [-0.39, 0.29) is 23.5 Å². The monoisotopic (exact) mass is 275 g/mol. The first-order valence-corrected chi connectivity index (χ1v) is 6.02. The molecule has 0 bridgehead atoms. The summed E-state index contributed by atoms with van der Waals surface area (Å²) in [6.45, 7) is 2.09. The number of benzene rings is 2. The molecule has 0 amide bonds. The summed E-state index contributed by atoms with van der Waals surface area (Å²) in [5.41, 5.74) is 1.68. The van der Waals surface area contributed by atoms with Crippen LogP contribution in [0.4, 0.5) is 10.1 Å². The van der Waals surface area contributed by atoms with Gasteiger partial charge in [-0.2, -0.15) is 0 Å². The average molecular weight is 275 g/mol. The SMILES string of the molecule is Cc1ccc(O)c(CNc2cc(C(=O)O)ccc2F)c1. The van der Waals surface area contributed by atoms with Crippen LogP contribution in [0, 0.1) is 12.7 Å². The van der Waals surface area contributed by atoms with E-state index in [9.17, 15) is 14.3 Å². The van der Waals surface area contributed by atoms with Gasteiger partial charge in [-0.3, -0.25) is 0 Å². The van der Waals surface area contributed by atoms with Crippen molar-refractivity contribution in [2.75, 3.05) is 5.32 Å². The fourth-order valence-electron chi connectivity index (χ4n) is 1.84. The number of phenolic OH excluding ortho intramolecular Hbond substituents is 1. The molecule has 0 aliphatic heterocycles. The van der Waals surface area contributed by atoms with Crippen LogP contribution < -0.4 is 5.32 Å². The molecule has 3 N–H and O–H groups in total. The number of carboxylic acids is 1. The number of nitrogens with one attached hydrogen (secondary N) is 1. The Morgan fingerprint density at radius 2 is 2.00 bits per heavy atom. The molecule has 0 unspecified atom stereocenters. The molecule has 0 heterocycles. The summed E-state index contributed by atoms with van der Waals surface area (Å²) in [7, 11) is 0. The summed E-state index contributed by atoms with van der Waals surface area (Å²) < 4.78 is 13.6. The zero-order valence-corrected chi connectivity index (χ0v) is 10.9. The first-order chi connectivity index (χ1) is 9.47. The molecular formula is C15H14FNO3. The molecule has 0 aliphatic rings. The number of aryl methyl sites for hydroxylation is 1. The Labute approximate surface area is 115 Å². The number of rotatable bonds is 4. The molecule has 5 heteroatoms. The molecule has 0 aromatic heterocycles. The normalized spacial score (nSPS) is 10.3. The molecule has 0 spiro atoms. The Balaban J connectivity index is 2.20. The van der Waals surface area contributed by atoms with Crippen LogP contribution in [0.25, 0.3) is 0 Å². The fraction of sp³-hybridized carbons (Fsp3) is 0.133. The van der Waals surface area contributed by atoms with E-state index in [4.69, 9.17) is 5.11 Å². The van der Waals surface area contributed by atoms with Gasteiger partial charge in [-0.05, 0) is 31.2 Å². The van der Waals surface area contributed by atoms with Gasteiger partial charge in [0.05, 0.1) is 11.3 Å². The van der Waals surface area contributed by atoms with Gasteiger partial charge in [0.15, 0.2) is 0 Å². The van der Waals surface area contributed by atoms with E-state index in [1.165, 1.54) is 12.1 Å². The van der Waals surface area contributed by atoms with Crippen molar-refractivity contribution >= 4 is 11.7 Å². The molecule has 0 atom stereocenters. The van der Waals surface area contributed by atoms with E-state index in [2.05, 4.69) is 5.32 Å². The molecular weight excluding hydrogens is 261 g/mol. The Bertz CT molecular complexity index is 656. The van der Waals surface area contributed by atoms with Crippen LogP contribution in [0.15, 0.2) is 36.4 Å². The lowest BCUT2D eigenvalue weighted by atomic mass is 10.1. The number of halogens is 1. The highest BCUT2D eigenvalue weighted by Crippen LogP contribution is 2.21. The number of aromatic carboxylic acids is 1. The minimum atomic E-state index is -1.12. The number of carboxylic acid groups (broad SMARTS) is 1. The summed E-state index contributed by atoms with van der Waals surface area (Å²) in [4.78, 5) is 10.8. The van der Waals surface area contributed by atoms with Gasteiger partial charge in [-0.25, -0.2) is 9.18 Å². The van der Waals surface area contributed by atoms with Crippen LogP contribution >= 0.6 is 0 Å². The van der Waals surface area contributed by atoms with Gasteiger partial charge in [-0.1, -0.05) is 17.7 Å². The lowest BCUT2D eigenvalue weighted by Crippen LogP contribution is -2.04. The van der Waals surface area contributed by atoms with Gasteiger partial charge in [0, 0.05) is 12.1 Å². The van der Waals surface area contributed by atoms with Crippen LogP contribution in [0.3, 0.4) is 0 Å². The van der Waals surface area contributed by atoms with Crippen molar-refractivity contribution in [3.8, 4) is 5.75 Å². The number of hydrogen-bond donors (Lipinski definition) is 3. The predicted octanol–water partition coefficient (Wildman–Crippen LogP) is 3.15. The molecule has 0 fully saturated rings. The van der Waals surface area contributed by atoms with E-state index in [0.29, 0.717) is 5.56 Å². The smallest absolute Gasteiger partial charge is 0.335 e. The molecule has 2 aromatic carbocycles. The average Bonchev–Trinajstić information content (AvgIpc) is 2.41. The summed E-state index contributed by atoms with van der Waals surface area (Å²) in [6, 6.07) is 8.64. The van der Waals surface area contributed by atoms with Crippen molar-refractivity contribution in [3.05, 3.63) is 58.9 Å². The van der Waals surface area contributed by atoms with Crippen molar-refractivity contribution < 1.29 is 19.4 Å². The van der Waals surface area contributed by atoms with Crippen LogP contribution in [0.1, 0.15) is 21.5 Å². The van der Waals surface area contributed by atoms with Crippen molar-refractivity contribution in [1.82, 2.24) is 0 Å². The highest BCUT2D eigenvalue weighted by molar-refractivity contribution is 5.88. The van der Waals surface area contributed by atoms with Crippen LogP contribution in [0.5, 0.6) is 5.75 Å². The van der Waals surface area contributed by atoms with Gasteiger partial charge in [0.2, 0.25) is 0 Å². The molecule has 2 aromatic rings. The van der Waals surface area contributed by atoms with Crippen molar-refractivity contribution in [2.45, 2.75) is 13.5 Å². The zero-order valence-electron chi connectivity index (χ0n) is 10.9. The summed E-state index contributed by atoms with van der Waals surface area (Å²) in [6.07, 6.45) is 0. The topological polar surface area (TPSA) is 69.6 Å². The van der Waals surface area contributed by atoms with E-state index in [1.54, 1.807) is 18.2 Å². The summed E-state index contributed by atoms with van der Waals surface area (Å²) >= 11 is 0. The molecule has 0 saturated carbocycles. The van der Waals surface area contributed by atoms with Crippen LogP contribution in [-0.4, -0.2) is 16.2 Å². The number of hydrogen-bond acceptors (Lipinski definition) is 3. The van der Waals surface area contributed by atoms with Crippen molar-refractivity contribution in [3.63, 3.8) is 0 Å². The maximum Gasteiger partial charge on any atom is 0.335 e. The highest BCUT2D eigenvalue weighted by atomic mass is 19.1. The standard InChI is InChI=1S/C15H14FNO3/c1-9-2-5-14(18)11(6-9)8-17-13-7-10(15(19)20)3-4-12(13)16/h2-7,17-18H,8H2,1H3,(H,19,20). The largest absolute Gasteiger partial charge is 0.508 e. The van der Waals surface area contributed by atoms with Gasteiger partial charge in [0.25, 0.3) is 0 Å². The fourth-order valence-corrected chi connectivity index (χ4v) is 1.84. The Hall–Kier alpha value is -2.56. The zero-order chi connectivity index (χ0) is 14.7. The molecule has 4 nitrogen and oxygen atoms in total.